The zero-order valence-electron chi connectivity index (χ0n) is 21.8. The summed E-state index contributed by atoms with van der Waals surface area (Å²) < 4.78 is 0. The molecular weight excluding hydrogens is 522 g/mol. The monoisotopic (exact) mass is 545 g/mol. The normalized spacial score (nSPS) is 13.1. The topological polar surface area (TPSA) is 143 Å². The lowest BCUT2D eigenvalue weighted by molar-refractivity contribution is -0.384. The summed E-state index contributed by atoms with van der Waals surface area (Å²) in [5.41, 5.74) is 5.56. The molecule has 0 heterocycles. The van der Waals surface area contributed by atoms with Crippen LogP contribution in [0, 0.1) is 17.0 Å². The molecule has 4 aromatic carbocycles. The van der Waals surface area contributed by atoms with Gasteiger partial charge >= 0.3 is 0 Å². The van der Waals surface area contributed by atoms with Crippen molar-refractivity contribution in [2.45, 2.75) is 6.92 Å². The summed E-state index contributed by atoms with van der Waals surface area (Å²) in [5, 5.41) is 21.1. The number of carbonyl (C=O) groups excluding carboxylic acids is 3. The lowest BCUT2D eigenvalue weighted by Crippen LogP contribution is -2.30. The number of nitrogens with zero attached hydrogens (tertiary/aromatic N) is 2. The maximum Gasteiger partial charge on any atom is 0.271 e. The maximum absolute atomic E-state index is 13.6. The number of nitrogens with one attached hydrogen (secondary N) is 3. The van der Waals surface area contributed by atoms with Crippen LogP contribution < -0.4 is 16.1 Å². The van der Waals surface area contributed by atoms with E-state index in [0.717, 1.165) is 0 Å². The number of fused-ring (bicyclic) bond motifs is 1. The molecule has 10 heteroatoms. The highest BCUT2D eigenvalue weighted by atomic mass is 16.6. The molecule has 0 bridgehead atoms. The van der Waals surface area contributed by atoms with Crippen LogP contribution >= 0.6 is 0 Å². The lowest BCUT2D eigenvalue weighted by Gasteiger charge is -2.19. The molecule has 2 amide bonds. The third kappa shape index (κ3) is 5.91. The van der Waals surface area contributed by atoms with Gasteiger partial charge in [-0.05, 0) is 60.5 Å². The number of anilines is 3. The Bertz CT molecular complexity index is 1750. The van der Waals surface area contributed by atoms with Gasteiger partial charge in [-0.2, -0.15) is 5.10 Å². The summed E-state index contributed by atoms with van der Waals surface area (Å²) in [6.45, 7) is 1.74. The standard InChI is InChI=1S/C31H23N5O5/c1-19-12-14-24(36(40)41)18-27(19)34-35-28-25-15-13-20(30(38)32-22-8-4-2-5-9-22)16-21(25)17-26(29(28)37)31(39)33-23-10-6-3-7-11-23/h2-18,34H,1H3,(H,32,38)(H,33,39)/b35-28-. The van der Waals surface area contributed by atoms with Gasteiger partial charge in [-0.15, -0.1) is 0 Å². The minimum Gasteiger partial charge on any atom is -0.322 e. The molecule has 0 fully saturated rings. The van der Waals surface area contributed by atoms with E-state index in [4.69, 9.17) is 0 Å². The first-order valence-electron chi connectivity index (χ1n) is 12.5. The van der Waals surface area contributed by atoms with Gasteiger partial charge in [0.1, 0.15) is 5.71 Å². The summed E-state index contributed by atoms with van der Waals surface area (Å²) in [6, 6.07) is 26.6. The number of benzene rings is 4. The van der Waals surface area contributed by atoms with Crippen molar-refractivity contribution in [2.24, 2.45) is 5.10 Å². The number of Topliss-reactive ketones (excluding diaryl/α,β-unsaturated/α-hetero) is 1. The van der Waals surface area contributed by atoms with Gasteiger partial charge in [0.2, 0.25) is 5.78 Å². The van der Waals surface area contributed by atoms with E-state index in [0.29, 0.717) is 39.3 Å². The van der Waals surface area contributed by atoms with Crippen molar-refractivity contribution in [2.75, 3.05) is 16.1 Å². The van der Waals surface area contributed by atoms with Crippen LogP contribution in [0.1, 0.15) is 27.0 Å². The van der Waals surface area contributed by atoms with Crippen molar-refractivity contribution in [3.63, 3.8) is 0 Å². The highest BCUT2D eigenvalue weighted by molar-refractivity contribution is 6.59. The molecule has 5 rings (SSSR count). The van der Waals surface area contributed by atoms with Crippen molar-refractivity contribution in [1.29, 1.82) is 0 Å². The first kappa shape index (κ1) is 26.7. The number of rotatable bonds is 7. The van der Waals surface area contributed by atoms with E-state index in [2.05, 4.69) is 21.2 Å². The average molecular weight is 546 g/mol. The molecule has 0 radical (unpaired) electrons. The second-order valence-corrected chi connectivity index (χ2v) is 9.16. The molecule has 0 spiro atoms. The molecule has 1 aliphatic carbocycles. The molecule has 0 aromatic heterocycles. The van der Waals surface area contributed by atoms with Crippen LogP contribution in [-0.2, 0) is 9.59 Å². The smallest absolute Gasteiger partial charge is 0.271 e. The molecule has 3 N–H and O–H groups in total. The van der Waals surface area contributed by atoms with Crippen LogP contribution in [-0.4, -0.2) is 28.2 Å². The Balaban J connectivity index is 1.53. The fourth-order valence-corrected chi connectivity index (χ4v) is 4.19. The molecule has 1 aliphatic rings. The number of amides is 2. The van der Waals surface area contributed by atoms with Crippen LogP contribution in [0.15, 0.2) is 108 Å². The number of hydrogen-bond acceptors (Lipinski definition) is 7. The number of carbonyl (C=O) groups is 3. The van der Waals surface area contributed by atoms with Crippen LogP contribution in [0.3, 0.4) is 0 Å². The van der Waals surface area contributed by atoms with Gasteiger partial charge < -0.3 is 10.6 Å². The summed E-state index contributed by atoms with van der Waals surface area (Å²) in [4.78, 5) is 50.5. The molecule has 202 valence electrons. The van der Waals surface area contributed by atoms with Gasteiger partial charge in [0.15, 0.2) is 0 Å². The third-order valence-electron chi connectivity index (χ3n) is 6.36. The predicted octanol–water partition coefficient (Wildman–Crippen LogP) is 5.58. The fraction of sp³-hybridized carbons (Fsp3) is 0.0323. The van der Waals surface area contributed by atoms with Gasteiger partial charge in [0.05, 0.1) is 16.2 Å². The summed E-state index contributed by atoms with van der Waals surface area (Å²) in [7, 11) is 0. The molecule has 0 unspecified atom stereocenters. The lowest BCUT2D eigenvalue weighted by atomic mass is 9.87. The number of nitro groups is 1. The Morgan fingerprint density at radius 2 is 1.44 bits per heavy atom. The van der Waals surface area contributed by atoms with Crippen LogP contribution in [0.25, 0.3) is 6.08 Å². The van der Waals surface area contributed by atoms with E-state index in [9.17, 15) is 24.5 Å². The van der Waals surface area contributed by atoms with Crippen molar-refractivity contribution >= 4 is 52.1 Å². The van der Waals surface area contributed by atoms with E-state index < -0.39 is 16.6 Å². The van der Waals surface area contributed by atoms with Gasteiger partial charge in [-0.1, -0.05) is 48.5 Å². The molecule has 0 aliphatic heterocycles. The maximum atomic E-state index is 13.6. The molecule has 0 saturated carbocycles. The first-order chi connectivity index (χ1) is 19.8. The Labute approximate surface area is 234 Å². The summed E-state index contributed by atoms with van der Waals surface area (Å²) >= 11 is 0. The number of non-ortho nitro benzene ring substituents is 1. The SMILES string of the molecule is Cc1ccc([N+](=O)[O-])cc1N/N=C1\C(=O)C(C(=O)Nc2ccccc2)=Cc2cc(C(=O)Nc3ccccc3)ccc21. The van der Waals surface area contributed by atoms with E-state index in [1.807, 2.05) is 6.07 Å². The van der Waals surface area contributed by atoms with Gasteiger partial charge in [-0.25, -0.2) is 0 Å². The molecule has 10 nitrogen and oxygen atoms in total. The number of para-hydroxylation sites is 2. The fourth-order valence-electron chi connectivity index (χ4n) is 4.19. The molecule has 41 heavy (non-hydrogen) atoms. The Morgan fingerprint density at radius 1 is 0.805 bits per heavy atom. The third-order valence-corrected chi connectivity index (χ3v) is 6.36. The number of nitro benzene ring substituents is 1. The summed E-state index contributed by atoms with van der Waals surface area (Å²) in [5.74, 6) is -1.67. The zero-order valence-corrected chi connectivity index (χ0v) is 21.8. The Hall–Kier alpha value is -5.90. The number of ketones is 1. The van der Waals surface area contributed by atoms with Crippen LogP contribution in [0.2, 0.25) is 0 Å². The number of aryl methyl sites for hydroxylation is 1. The quantitative estimate of drug-likeness (QED) is 0.157. The molecule has 4 aromatic rings. The highest BCUT2D eigenvalue weighted by Gasteiger charge is 2.31. The predicted molar refractivity (Wildman–Crippen MR) is 157 cm³/mol. The first-order valence-corrected chi connectivity index (χ1v) is 12.5. The van der Waals surface area contributed by atoms with Crippen molar-refractivity contribution in [3.05, 3.63) is 135 Å². The van der Waals surface area contributed by atoms with Crippen molar-refractivity contribution in [1.82, 2.24) is 0 Å². The van der Waals surface area contributed by atoms with Crippen molar-refractivity contribution < 1.29 is 19.3 Å². The highest BCUT2D eigenvalue weighted by Crippen LogP contribution is 2.27. The van der Waals surface area contributed by atoms with Crippen LogP contribution in [0.5, 0.6) is 0 Å². The average Bonchev–Trinajstić information content (AvgIpc) is 2.97. The van der Waals surface area contributed by atoms with Gasteiger partial charge in [0.25, 0.3) is 17.5 Å². The van der Waals surface area contributed by atoms with E-state index in [1.165, 1.54) is 18.2 Å². The minimum absolute atomic E-state index is 0.0818. The molecule has 0 atom stereocenters. The molecular formula is C31H23N5O5. The second-order valence-electron chi connectivity index (χ2n) is 9.16. The van der Waals surface area contributed by atoms with Crippen molar-refractivity contribution in [3.8, 4) is 0 Å². The largest absolute Gasteiger partial charge is 0.322 e. The molecule has 0 saturated heterocycles. The van der Waals surface area contributed by atoms with E-state index in [-0.39, 0.29) is 22.9 Å². The Kier molecular flexibility index (Phi) is 7.46. The van der Waals surface area contributed by atoms with Gasteiger partial charge in [-0.3, -0.25) is 29.9 Å². The van der Waals surface area contributed by atoms with E-state index >= 15 is 0 Å². The van der Waals surface area contributed by atoms with E-state index in [1.54, 1.807) is 85.8 Å². The number of hydrazone groups is 1. The number of hydrogen-bond donors (Lipinski definition) is 3. The minimum atomic E-state index is -0.650. The zero-order chi connectivity index (χ0) is 28.9. The summed E-state index contributed by atoms with van der Waals surface area (Å²) in [6.07, 6.45) is 1.42. The van der Waals surface area contributed by atoms with Crippen LogP contribution in [0.4, 0.5) is 22.7 Å². The Morgan fingerprint density at radius 3 is 2.07 bits per heavy atom. The second kappa shape index (κ2) is 11.5. The van der Waals surface area contributed by atoms with Gasteiger partial charge in [0, 0.05) is 34.6 Å².